The molecule has 0 fully saturated rings. The number of nitrogens with zero attached hydrogens (tertiary/aromatic N) is 4. The van der Waals surface area contributed by atoms with Crippen LogP contribution in [-0.2, 0) is 19.6 Å². The van der Waals surface area contributed by atoms with Crippen LogP contribution in [0, 0.1) is 0 Å². The Labute approximate surface area is 174 Å². The first kappa shape index (κ1) is 18.4. The number of aromatic nitrogens is 3. The van der Waals surface area contributed by atoms with Gasteiger partial charge in [-0.2, -0.15) is 5.10 Å². The maximum atomic E-state index is 6.12. The Hall–Kier alpha value is -3.64. The van der Waals surface area contributed by atoms with Crippen LogP contribution in [0.15, 0.2) is 88.1 Å². The Bertz CT molecular complexity index is 1210. The zero-order valence-electron chi connectivity index (χ0n) is 16.7. The lowest BCUT2D eigenvalue weighted by Gasteiger charge is -2.14. The predicted octanol–water partition coefficient (Wildman–Crippen LogP) is 4.96. The molecule has 0 N–H and O–H groups in total. The molecule has 3 heterocycles. The Morgan fingerprint density at radius 3 is 2.60 bits per heavy atom. The van der Waals surface area contributed by atoms with E-state index in [-0.39, 0.29) is 0 Å². The topological polar surface area (TPSA) is 60.2 Å². The molecule has 0 aliphatic rings. The van der Waals surface area contributed by atoms with E-state index >= 15 is 0 Å². The van der Waals surface area contributed by atoms with Gasteiger partial charge in [-0.1, -0.05) is 53.7 Å². The van der Waals surface area contributed by atoms with Crippen LogP contribution in [0.2, 0.25) is 0 Å². The summed E-state index contributed by atoms with van der Waals surface area (Å²) in [6, 6.07) is 22.3. The van der Waals surface area contributed by atoms with E-state index in [1.807, 2.05) is 47.1 Å². The molecule has 150 valence electrons. The fourth-order valence-corrected chi connectivity index (χ4v) is 3.67. The first-order valence-electron chi connectivity index (χ1n) is 9.92. The highest BCUT2D eigenvalue weighted by molar-refractivity contribution is 5.82. The molecule has 6 heteroatoms. The molecule has 3 aromatic heterocycles. The minimum absolute atomic E-state index is 0.670. The highest BCUT2D eigenvalue weighted by Crippen LogP contribution is 2.30. The van der Waals surface area contributed by atoms with E-state index in [2.05, 4.69) is 47.6 Å². The number of rotatable bonds is 7. The van der Waals surface area contributed by atoms with Gasteiger partial charge in [0.1, 0.15) is 11.3 Å². The molecule has 0 saturated carbocycles. The summed E-state index contributed by atoms with van der Waals surface area (Å²) in [5.74, 6) is 1.62. The maximum absolute atomic E-state index is 6.12. The van der Waals surface area contributed by atoms with Gasteiger partial charge in [0.15, 0.2) is 11.5 Å². The van der Waals surface area contributed by atoms with Crippen LogP contribution >= 0.6 is 0 Å². The standard InChI is InChI=1S/C24H22N4O2/c1-27(17-21-11-12-25-30-21)15-20-16-28(14-18-7-3-2-4-8-18)26-24(20)23-13-19-9-5-6-10-22(19)29-23/h2-13,16H,14-15,17H2,1H3. The van der Waals surface area contributed by atoms with Crippen LogP contribution in [0.25, 0.3) is 22.4 Å². The minimum Gasteiger partial charge on any atom is -0.454 e. The van der Waals surface area contributed by atoms with Crippen LogP contribution in [0.3, 0.4) is 0 Å². The highest BCUT2D eigenvalue weighted by atomic mass is 16.5. The average Bonchev–Trinajstić information content (AvgIpc) is 3.48. The minimum atomic E-state index is 0.670. The molecule has 0 atom stereocenters. The van der Waals surface area contributed by atoms with Crippen LogP contribution in [0.1, 0.15) is 16.9 Å². The van der Waals surface area contributed by atoms with Gasteiger partial charge in [0.25, 0.3) is 0 Å². The molecule has 30 heavy (non-hydrogen) atoms. The molecule has 0 aliphatic heterocycles. The summed E-state index contributed by atoms with van der Waals surface area (Å²) in [7, 11) is 2.06. The molecule has 0 unspecified atom stereocenters. The normalized spacial score (nSPS) is 11.5. The van der Waals surface area contributed by atoms with Gasteiger partial charge in [0, 0.05) is 29.8 Å². The van der Waals surface area contributed by atoms with E-state index in [0.29, 0.717) is 19.6 Å². The average molecular weight is 398 g/mol. The van der Waals surface area contributed by atoms with E-state index in [0.717, 1.165) is 33.7 Å². The van der Waals surface area contributed by atoms with Crippen molar-refractivity contribution < 1.29 is 8.94 Å². The van der Waals surface area contributed by atoms with Crippen molar-refractivity contribution in [3.8, 4) is 11.5 Å². The fraction of sp³-hybridized carbons (Fsp3) is 0.167. The predicted molar refractivity (Wildman–Crippen MR) is 115 cm³/mol. The SMILES string of the molecule is CN(Cc1ccno1)Cc1cn(Cc2ccccc2)nc1-c1cc2ccccc2o1. The zero-order chi connectivity index (χ0) is 20.3. The van der Waals surface area contributed by atoms with Crippen molar-refractivity contribution in [1.82, 2.24) is 19.8 Å². The molecular weight excluding hydrogens is 376 g/mol. The van der Waals surface area contributed by atoms with Gasteiger partial charge < -0.3 is 8.94 Å². The molecule has 0 aliphatic carbocycles. The van der Waals surface area contributed by atoms with Crippen molar-refractivity contribution in [3.05, 3.63) is 96.0 Å². The van der Waals surface area contributed by atoms with Gasteiger partial charge in [-0.3, -0.25) is 9.58 Å². The molecule has 0 spiro atoms. The van der Waals surface area contributed by atoms with Crippen molar-refractivity contribution in [1.29, 1.82) is 0 Å². The van der Waals surface area contributed by atoms with E-state index < -0.39 is 0 Å². The summed E-state index contributed by atoms with van der Waals surface area (Å²) < 4.78 is 13.4. The monoisotopic (exact) mass is 398 g/mol. The largest absolute Gasteiger partial charge is 0.454 e. The molecule has 5 rings (SSSR count). The molecule has 0 bridgehead atoms. The second-order valence-electron chi connectivity index (χ2n) is 7.49. The van der Waals surface area contributed by atoms with Gasteiger partial charge in [-0.05, 0) is 24.7 Å². The molecule has 5 aromatic rings. The highest BCUT2D eigenvalue weighted by Gasteiger charge is 2.18. The van der Waals surface area contributed by atoms with E-state index in [9.17, 15) is 0 Å². The molecule has 0 amide bonds. The van der Waals surface area contributed by atoms with Gasteiger partial charge in [0.05, 0.1) is 19.3 Å². The third kappa shape index (κ3) is 3.90. The maximum Gasteiger partial charge on any atom is 0.156 e. The van der Waals surface area contributed by atoms with Crippen molar-refractivity contribution in [3.63, 3.8) is 0 Å². The summed E-state index contributed by atoms with van der Waals surface area (Å²) in [6.07, 6.45) is 3.77. The summed E-state index contributed by atoms with van der Waals surface area (Å²) in [4.78, 5) is 2.18. The van der Waals surface area contributed by atoms with Gasteiger partial charge in [0.2, 0.25) is 0 Å². The van der Waals surface area contributed by atoms with Crippen molar-refractivity contribution in [2.24, 2.45) is 0 Å². The van der Waals surface area contributed by atoms with E-state index in [1.54, 1.807) is 6.20 Å². The number of hydrogen-bond donors (Lipinski definition) is 0. The second kappa shape index (κ2) is 8.00. The molecule has 0 saturated heterocycles. The Morgan fingerprint density at radius 1 is 0.967 bits per heavy atom. The fourth-order valence-electron chi connectivity index (χ4n) is 3.67. The quantitative estimate of drug-likeness (QED) is 0.388. The van der Waals surface area contributed by atoms with Crippen molar-refractivity contribution >= 4 is 11.0 Å². The summed E-state index contributed by atoms with van der Waals surface area (Å²) in [5, 5.41) is 9.75. The van der Waals surface area contributed by atoms with Crippen LogP contribution in [-0.4, -0.2) is 26.9 Å². The van der Waals surface area contributed by atoms with Crippen LogP contribution in [0.5, 0.6) is 0 Å². The first-order chi connectivity index (χ1) is 14.7. The van der Waals surface area contributed by atoms with E-state index in [4.69, 9.17) is 14.0 Å². The van der Waals surface area contributed by atoms with Gasteiger partial charge >= 0.3 is 0 Å². The number of hydrogen-bond acceptors (Lipinski definition) is 5. The number of para-hydroxylation sites is 1. The van der Waals surface area contributed by atoms with Crippen LogP contribution < -0.4 is 0 Å². The summed E-state index contributed by atoms with van der Waals surface area (Å²) in [5.41, 5.74) is 4.04. The van der Waals surface area contributed by atoms with E-state index in [1.165, 1.54) is 5.56 Å². The number of benzene rings is 2. The Morgan fingerprint density at radius 2 is 1.80 bits per heavy atom. The smallest absolute Gasteiger partial charge is 0.156 e. The summed E-state index contributed by atoms with van der Waals surface area (Å²) >= 11 is 0. The van der Waals surface area contributed by atoms with Gasteiger partial charge in [-0.25, -0.2) is 0 Å². The molecule has 6 nitrogen and oxygen atoms in total. The lowest BCUT2D eigenvalue weighted by atomic mass is 10.2. The lowest BCUT2D eigenvalue weighted by Crippen LogP contribution is -2.17. The number of fused-ring (bicyclic) bond motifs is 1. The Balaban J connectivity index is 1.48. The van der Waals surface area contributed by atoms with Crippen molar-refractivity contribution in [2.75, 3.05) is 7.05 Å². The first-order valence-corrected chi connectivity index (χ1v) is 9.92. The molecular formula is C24H22N4O2. The lowest BCUT2D eigenvalue weighted by molar-refractivity contribution is 0.266. The zero-order valence-corrected chi connectivity index (χ0v) is 16.7. The third-order valence-electron chi connectivity index (χ3n) is 5.04. The van der Waals surface area contributed by atoms with Crippen LogP contribution in [0.4, 0.5) is 0 Å². The van der Waals surface area contributed by atoms with Gasteiger partial charge in [-0.15, -0.1) is 0 Å². The second-order valence-corrected chi connectivity index (χ2v) is 7.49. The van der Waals surface area contributed by atoms with Crippen molar-refractivity contribution in [2.45, 2.75) is 19.6 Å². The molecule has 2 aromatic carbocycles. The Kier molecular flexibility index (Phi) is 4.91. The number of furan rings is 1. The third-order valence-corrected chi connectivity index (χ3v) is 5.04. The molecule has 0 radical (unpaired) electrons. The summed E-state index contributed by atoms with van der Waals surface area (Å²) in [6.45, 7) is 2.09.